The first-order chi connectivity index (χ1) is 19.4. The number of carbonyl (C=O) groups excluding carboxylic acids is 1. The summed E-state index contributed by atoms with van der Waals surface area (Å²) in [4.78, 5) is 12.4. The summed E-state index contributed by atoms with van der Waals surface area (Å²) in [5.74, 6) is 0.619. The van der Waals surface area contributed by atoms with E-state index in [9.17, 15) is 20.1 Å². The van der Waals surface area contributed by atoms with Crippen LogP contribution in [0.25, 0.3) is 6.08 Å². The lowest BCUT2D eigenvalue weighted by Crippen LogP contribution is -2.59. The fraction of sp³-hybridized carbons (Fsp3) is 0.516. The van der Waals surface area contributed by atoms with Crippen LogP contribution in [0.3, 0.4) is 0 Å². The molecular weight excluding hydrogens is 516 g/mol. The SMILES string of the molecule is CCCCOc1ccc(/C=C/C(=O)OCC2OC(OCCc3ccccc3)C(O)C(O)C2O)cc1OCCCC. The van der Waals surface area contributed by atoms with Crippen molar-refractivity contribution in [3.8, 4) is 11.5 Å². The van der Waals surface area contributed by atoms with Crippen LogP contribution >= 0.6 is 0 Å². The molecular formula is C31H42O9. The van der Waals surface area contributed by atoms with E-state index in [2.05, 4.69) is 13.8 Å². The molecule has 0 aliphatic carbocycles. The molecule has 0 radical (unpaired) electrons. The van der Waals surface area contributed by atoms with Crippen molar-refractivity contribution in [1.82, 2.24) is 0 Å². The minimum atomic E-state index is -1.51. The van der Waals surface area contributed by atoms with Crippen LogP contribution in [0.1, 0.15) is 50.7 Å². The van der Waals surface area contributed by atoms with Gasteiger partial charge in [-0.05, 0) is 48.6 Å². The lowest BCUT2D eigenvalue weighted by atomic mass is 9.99. The minimum absolute atomic E-state index is 0.233. The van der Waals surface area contributed by atoms with Gasteiger partial charge in [-0.3, -0.25) is 0 Å². The molecule has 220 valence electrons. The Morgan fingerprint density at radius 2 is 1.57 bits per heavy atom. The normalized spacial score (nSPS) is 22.8. The molecule has 5 atom stereocenters. The van der Waals surface area contributed by atoms with Crippen molar-refractivity contribution in [2.75, 3.05) is 26.4 Å². The molecule has 0 bridgehead atoms. The maximum atomic E-state index is 12.4. The smallest absolute Gasteiger partial charge is 0.330 e. The van der Waals surface area contributed by atoms with E-state index in [4.69, 9.17) is 23.7 Å². The molecule has 0 spiro atoms. The summed E-state index contributed by atoms with van der Waals surface area (Å²) in [6.45, 7) is 5.25. The standard InChI is InChI=1S/C31H42O9/c1-3-5-17-36-24-14-12-23(20-25(24)37-18-6-4-2)13-15-27(32)39-21-26-28(33)29(34)30(35)31(40-26)38-19-16-22-10-8-7-9-11-22/h7-15,20,26,28-31,33-35H,3-6,16-19,21H2,1-2H3/b15-13+. The van der Waals surface area contributed by atoms with E-state index in [1.807, 2.05) is 48.5 Å². The van der Waals surface area contributed by atoms with Crippen molar-refractivity contribution in [3.05, 3.63) is 65.7 Å². The molecule has 40 heavy (non-hydrogen) atoms. The van der Waals surface area contributed by atoms with Gasteiger partial charge in [0.05, 0.1) is 19.8 Å². The minimum Gasteiger partial charge on any atom is -0.490 e. The molecule has 3 N–H and O–H groups in total. The van der Waals surface area contributed by atoms with Crippen LogP contribution in [0, 0.1) is 0 Å². The first-order valence-corrected chi connectivity index (χ1v) is 14.0. The lowest BCUT2D eigenvalue weighted by molar-refractivity contribution is -0.301. The topological polar surface area (TPSA) is 124 Å². The highest BCUT2D eigenvalue weighted by Gasteiger charge is 2.44. The van der Waals surface area contributed by atoms with E-state index in [1.165, 1.54) is 6.08 Å². The monoisotopic (exact) mass is 558 g/mol. The Hall–Kier alpha value is -2.95. The van der Waals surface area contributed by atoms with Gasteiger partial charge in [0.15, 0.2) is 17.8 Å². The zero-order valence-electron chi connectivity index (χ0n) is 23.3. The number of ether oxygens (including phenoxy) is 5. The molecule has 9 heteroatoms. The van der Waals surface area contributed by atoms with Crippen molar-refractivity contribution >= 4 is 12.0 Å². The molecule has 1 aliphatic heterocycles. The maximum Gasteiger partial charge on any atom is 0.330 e. The number of aliphatic hydroxyl groups is 3. The quantitative estimate of drug-likeness (QED) is 0.161. The van der Waals surface area contributed by atoms with Crippen molar-refractivity contribution in [3.63, 3.8) is 0 Å². The predicted molar refractivity (Wildman–Crippen MR) is 150 cm³/mol. The molecule has 2 aromatic carbocycles. The zero-order chi connectivity index (χ0) is 28.7. The largest absolute Gasteiger partial charge is 0.490 e. The van der Waals surface area contributed by atoms with Crippen molar-refractivity contribution in [1.29, 1.82) is 0 Å². The summed E-state index contributed by atoms with van der Waals surface area (Å²) in [6, 6.07) is 15.1. The van der Waals surface area contributed by atoms with Gasteiger partial charge in [0, 0.05) is 6.08 Å². The molecule has 1 heterocycles. The molecule has 5 unspecified atom stereocenters. The van der Waals surface area contributed by atoms with Crippen LogP contribution in [0.5, 0.6) is 11.5 Å². The summed E-state index contributed by atoms with van der Waals surface area (Å²) in [7, 11) is 0. The molecule has 3 rings (SSSR count). The van der Waals surface area contributed by atoms with E-state index >= 15 is 0 Å². The fourth-order valence-corrected chi connectivity index (χ4v) is 4.02. The van der Waals surface area contributed by atoms with Crippen LogP contribution in [0.15, 0.2) is 54.6 Å². The van der Waals surface area contributed by atoms with Gasteiger partial charge in [0.1, 0.15) is 31.0 Å². The molecule has 0 aromatic heterocycles. The predicted octanol–water partition coefficient (Wildman–Crippen LogP) is 3.67. The summed E-state index contributed by atoms with van der Waals surface area (Å²) < 4.78 is 28.3. The lowest BCUT2D eigenvalue weighted by Gasteiger charge is -2.39. The number of benzene rings is 2. The number of hydrogen-bond acceptors (Lipinski definition) is 9. The van der Waals surface area contributed by atoms with Crippen molar-refractivity contribution < 1.29 is 43.8 Å². The Labute approximate surface area is 236 Å². The average molecular weight is 559 g/mol. The molecule has 2 aromatic rings. The highest BCUT2D eigenvalue weighted by Crippen LogP contribution is 2.30. The van der Waals surface area contributed by atoms with Gasteiger partial charge in [0.25, 0.3) is 0 Å². The van der Waals surface area contributed by atoms with E-state index in [0.717, 1.165) is 36.8 Å². The second-order valence-electron chi connectivity index (χ2n) is 9.69. The van der Waals surface area contributed by atoms with Gasteiger partial charge in [-0.15, -0.1) is 0 Å². The number of unbranched alkanes of at least 4 members (excludes halogenated alkanes) is 2. The van der Waals surface area contributed by atoms with Crippen molar-refractivity contribution in [2.24, 2.45) is 0 Å². The third kappa shape index (κ3) is 9.91. The number of esters is 1. The highest BCUT2D eigenvalue weighted by atomic mass is 16.7. The summed E-state index contributed by atoms with van der Waals surface area (Å²) in [5, 5.41) is 30.9. The van der Waals surface area contributed by atoms with E-state index in [1.54, 1.807) is 6.08 Å². The molecule has 1 fully saturated rings. The van der Waals surface area contributed by atoms with Gasteiger partial charge >= 0.3 is 5.97 Å². The maximum absolute atomic E-state index is 12.4. The average Bonchev–Trinajstić information content (AvgIpc) is 2.97. The first-order valence-electron chi connectivity index (χ1n) is 14.0. The summed E-state index contributed by atoms with van der Waals surface area (Å²) >= 11 is 0. The zero-order valence-corrected chi connectivity index (χ0v) is 23.3. The van der Waals surface area contributed by atoms with Crippen LogP contribution < -0.4 is 9.47 Å². The van der Waals surface area contributed by atoms with Crippen LogP contribution in [-0.4, -0.2) is 78.4 Å². The van der Waals surface area contributed by atoms with E-state index < -0.39 is 36.7 Å². The Morgan fingerprint density at radius 3 is 2.27 bits per heavy atom. The third-order valence-corrected chi connectivity index (χ3v) is 6.46. The Balaban J connectivity index is 1.53. The highest BCUT2D eigenvalue weighted by molar-refractivity contribution is 5.87. The van der Waals surface area contributed by atoms with Gasteiger partial charge in [0.2, 0.25) is 0 Å². The summed E-state index contributed by atoms with van der Waals surface area (Å²) in [5.41, 5.74) is 1.77. The third-order valence-electron chi connectivity index (χ3n) is 6.46. The van der Waals surface area contributed by atoms with Gasteiger partial charge < -0.3 is 39.0 Å². The van der Waals surface area contributed by atoms with Gasteiger partial charge in [-0.25, -0.2) is 4.79 Å². The van der Waals surface area contributed by atoms with Crippen LogP contribution in [0.2, 0.25) is 0 Å². The van der Waals surface area contributed by atoms with E-state index in [-0.39, 0.29) is 13.2 Å². The second kappa shape index (κ2) is 17.0. The molecule has 9 nitrogen and oxygen atoms in total. The Morgan fingerprint density at radius 1 is 0.875 bits per heavy atom. The van der Waals surface area contributed by atoms with Crippen molar-refractivity contribution in [2.45, 2.75) is 76.7 Å². The van der Waals surface area contributed by atoms with E-state index in [0.29, 0.717) is 31.1 Å². The molecule has 1 saturated heterocycles. The molecule has 0 amide bonds. The number of carbonyl (C=O) groups is 1. The first kappa shape index (κ1) is 31.6. The van der Waals surface area contributed by atoms with Gasteiger partial charge in [-0.1, -0.05) is 63.1 Å². The number of aliphatic hydroxyl groups excluding tert-OH is 3. The number of hydrogen-bond donors (Lipinski definition) is 3. The second-order valence-corrected chi connectivity index (χ2v) is 9.69. The fourth-order valence-electron chi connectivity index (χ4n) is 4.02. The Bertz CT molecular complexity index is 1040. The molecule has 1 aliphatic rings. The summed E-state index contributed by atoms with van der Waals surface area (Å²) in [6.07, 6.45) is 0.664. The number of rotatable bonds is 16. The van der Waals surface area contributed by atoms with Crippen LogP contribution in [0.4, 0.5) is 0 Å². The molecule has 0 saturated carbocycles. The van der Waals surface area contributed by atoms with Gasteiger partial charge in [-0.2, -0.15) is 0 Å². The van der Waals surface area contributed by atoms with Crippen LogP contribution in [-0.2, 0) is 25.4 Å². The Kier molecular flexibility index (Phi) is 13.4.